The van der Waals surface area contributed by atoms with Gasteiger partial charge in [-0.2, -0.15) is 8.42 Å². The van der Waals surface area contributed by atoms with Gasteiger partial charge in [0.05, 0.1) is 0 Å². The van der Waals surface area contributed by atoms with E-state index in [1.54, 1.807) is 0 Å². The smallest absolute Gasteiger partial charge is 0.275 e. The average molecular weight is 143 g/mol. The number of rotatable bonds is 3. The molecule has 0 aliphatic rings. The Morgan fingerprint density at radius 2 is 2.12 bits per heavy atom. The summed E-state index contributed by atoms with van der Waals surface area (Å²) in [6.45, 7) is -0.682. The molecule has 0 aromatic carbocycles. The molecule has 0 radical (unpaired) electrons. The second-order valence-electron chi connectivity index (χ2n) is 0.830. The van der Waals surface area contributed by atoms with Crippen LogP contribution < -0.4 is 5.90 Å². The van der Waals surface area contributed by atoms with Crippen molar-refractivity contribution in [1.29, 1.82) is 0 Å². The first-order chi connectivity index (χ1) is 3.56. The largest absolute Gasteiger partial charge is 0.399 e. The fourth-order valence-electron chi connectivity index (χ4n) is 0.0886. The summed E-state index contributed by atoms with van der Waals surface area (Å²) in [6, 6.07) is 0. The Labute approximate surface area is 46.1 Å². The molecular weight excluding hydrogens is 138 g/mol. The lowest BCUT2D eigenvalue weighted by Gasteiger charge is -1.93. The van der Waals surface area contributed by atoms with Crippen molar-refractivity contribution in [1.82, 2.24) is 0 Å². The van der Waals surface area contributed by atoms with Crippen LogP contribution in [0.1, 0.15) is 0 Å². The molecule has 8 heavy (non-hydrogen) atoms. The van der Waals surface area contributed by atoms with Crippen molar-refractivity contribution in [2.75, 3.05) is 6.79 Å². The molecule has 0 saturated carbocycles. The first-order valence-electron chi connectivity index (χ1n) is 1.50. The molecule has 0 heterocycles. The highest BCUT2D eigenvalue weighted by molar-refractivity contribution is 7.80. The standard InChI is InChI=1S/CH5NO5S/c2-6-1-7-8(3,4)5/h1-2H2,(H,3,4,5). The lowest BCUT2D eigenvalue weighted by Crippen LogP contribution is -2.10. The van der Waals surface area contributed by atoms with E-state index in [0.29, 0.717) is 0 Å². The summed E-state index contributed by atoms with van der Waals surface area (Å²) in [5.74, 6) is 4.34. The van der Waals surface area contributed by atoms with E-state index in [0.717, 1.165) is 0 Å². The van der Waals surface area contributed by atoms with Gasteiger partial charge in [0.1, 0.15) is 0 Å². The molecule has 50 valence electrons. The van der Waals surface area contributed by atoms with Crippen molar-refractivity contribution in [2.45, 2.75) is 0 Å². The van der Waals surface area contributed by atoms with Crippen molar-refractivity contribution in [3.8, 4) is 0 Å². The summed E-state index contributed by atoms with van der Waals surface area (Å²) < 4.78 is 30.5. The quantitative estimate of drug-likeness (QED) is 0.288. The Kier molecular flexibility index (Phi) is 2.87. The van der Waals surface area contributed by atoms with Gasteiger partial charge in [-0.05, 0) is 0 Å². The van der Waals surface area contributed by atoms with Gasteiger partial charge in [-0.25, -0.2) is 10.1 Å². The highest BCUT2D eigenvalue weighted by atomic mass is 32.3. The molecular formula is CH5NO5S. The maximum absolute atomic E-state index is 9.59. The van der Waals surface area contributed by atoms with Crippen LogP contribution in [0.3, 0.4) is 0 Å². The molecule has 0 unspecified atom stereocenters. The van der Waals surface area contributed by atoms with E-state index in [1.165, 1.54) is 0 Å². The zero-order valence-corrected chi connectivity index (χ0v) is 4.59. The van der Waals surface area contributed by atoms with E-state index < -0.39 is 17.2 Å². The maximum Gasteiger partial charge on any atom is 0.399 e. The van der Waals surface area contributed by atoms with Crippen LogP contribution in [0.4, 0.5) is 0 Å². The van der Waals surface area contributed by atoms with Crippen molar-refractivity contribution in [3.63, 3.8) is 0 Å². The van der Waals surface area contributed by atoms with Crippen LogP contribution in [-0.4, -0.2) is 19.8 Å². The van der Waals surface area contributed by atoms with Crippen LogP contribution in [0.25, 0.3) is 0 Å². The Bertz CT molecular complexity index is 137. The zero-order valence-electron chi connectivity index (χ0n) is 3.77. The first kappa shape index (κ1) is 7.79. The Morgan fingerprint density at radius 1 is 1.62 bits per heavy atom. The van der Waals surface area contributed by atoms with Crippen molar-refractivity contribution < 1.29 is 22.0 Å². The summed E-state index contributed by atoms with van der Waals surface area (Å²) in [5, 5.41) is 0. The van der Waals surface area contributed by atoms with Gasteiger partial charge in [0.2, 0.25) is 0 Å². The zero-order chi connectivity index (χ0) is 6.62. The molecule has 0 saturated heterocycles. The van der Waals surface area contributed by atoms with Gasteiger partial charge >= 0.3 is 10.4 Å². The lowest BCUT2D eigenvalue weighted by molar-refractivity contribution is 0.0120. The van der Waals surface area contributed by atoms with E-state index in [-0.39, 0.29) is 0 Å². The molecule has 3 N–H and O–H groups in total. The predicted molar refractivity (Wildman–Crippen MR) is 22.8 cm³/mol. The molecule has 0 bridgehead atoms. The van der Waals surface area contributed by atoms with Crippen molar-refractivity contribution in [2.24, 2.45) is 5.90 Å². The Hall–Kier alpha value is -0.210. The number of nitrogens with two attached hydrogens (primary N) is 1. The summed E-state index contributed by atoms with van der Waals surface area (Å²) in [6.07, 6.45) is 0. The van der Waals surface area contributed by atoms with Gasteiger partial charge < -0.3 is 0 Å². The van der Waals surface area contributed by atoms with Gasteiger partial charge in [-0.15, -0.1) is 0 Å². The van der Waals surface area contributed by atoms with Crippen LogP contribution in [0, 0.1) is 0 Å². The normalized spacial score (nSPS) is 11.8. The molecule has 0 aliphatic heterocycles. The van der Waals surface area contributed by atoms with E-state index in [2.05, 4.69) is 14.9 Å². The molecule has 0 amide bonds. The Morgan fingerprint density at radius 3 is 2.25 bits per heavy atom. The molecule has 6 nitrogen and oxygen atoms in total. The van der Waals surface area contributed by atoms with Crippen LogP contribution in [0.5, 0.6) is 0 Å². The third-order valence-corrected chi connectivity index (χ3v) is 0.659. The van der Waals surface area contributed by atoms with E-state index in [4.69, 9.17) is 4.55 Å². The SMILES string of the molecule is NOCOS(=O)(=O)O. The third-order valence-electron chi connectivity index (χ3n) is 0.265. The molecule has 7 heteroatoms. The molecule has 0 spiro atoms. The molecule has 0 fully saturated rings. The van der Waals surface area contributed by atoms with Crippen molar-refractivity contribution in [3.05, 3.63) is 0 Å². The molecule has 0 aromatic heterocycles. The summed E-state index contributed by atoms with van der Waals surface area (Å²) in [5.41, 5.74) is 0. The molecule has 0 aliphatic carbocycles. The van der Waals surface area contributed by atoms with Gasteiger partial charge in [-0.3, -0.25) is 9.39 Å². The monoisotopic (exact) mass is 143 g/mol. The summed E-state index contributed by atoms with van der Waals surface area (Å²) >= 11 is 0. The Balaban J connectivity index is 3.42. The second-order valence-corrected chi connectivity index (χ2v) is 1.92. The fourth-order valence-corrected chi connectivity index (χ4v) is 0.266. The second kappa shape index (κ2) is 2.95. The molecule has 0 aromatic rings. The van der Waals surface area contributed by atoms with Gasteiger partial charge in [0, 0.05) is 0 Å². The van der Waals surface area contributed by atoms with Gasteiger partial charge in [0.15, 0.2) is 6.79 Å². The topological polar surface area (TPSA) is 98.9 Å². The number of hydrogen-bond donors (Lipinski definition) is 2. The average Bonchev–Trinajstić information content (AvgIpc) is 1.59. The minimum Gasteiger partial charge on any atom is -0.275 e. The number of hydrogen-bond acceptors (Lipinski definition) is 5. The fraction of sp³-hybridized carbons (Fsp3) is 1.00. The highest BCUT2D eigenvalue weighted by Gasteiger charge is 2.00. The van der Waals surface area contributed by atoms with Gasteiger partial charge in [0.25, 0.3) is 0 Å². The van der Waals surface area contributed by atoms with Crippen LogP contribution in [0.15, 0.2) is 0 Å². The summed E-state index contributed by atoms with van der Waals surface area (Å²) in [4.78, 5) is 3.66. The van der Waals surface area contributed by atoms with Crippen LogP contribution in [0.2, 0.25) is 0 Å². The van der Waals surface area contributed by atoms with Gasteiger partial charge in [-0.1, -0.05) is 0 Å². The van der Waals surface area contributed by atoms with Crippen LogP contribution >= 0.6 is 0 Å². The van der Waals surface area contributed by atoms with E-state index >= 15 is 0 Å². The van der Waals surface area contributed by atoms with Crippen molar-refractivity contribution >= 4 is 10.4 Å². The molecule has 0 atom stereocenters. The van der Waals surface area contributed by atoms with E-state index in [1.807, 2.05) is 0 Å². The summed E-state index contributed by atoms with van der Waals surface area (Å²) in [7, 11) is -4.39. The third kappa shape index (κ3) is 5.79. The minimum absolute atomic E-state index is 0.682. The molecule has 0 rings (SSSR count). The van der Waals surface area contributed by atoms with E-state index in [9.17, 15) is 8.42 Å². The van der Waals surface area contributed by atoms with Crippen LogP contribution in [-0.2, 0) is 19.4 Å². The minimum atomic E-state index is -4.39. The highest BCUT2D eigenvalue weighted by Crippen LogP contribution is 1.82. The first-order valence-corrected chi connectivity index (χ1v) is 2.86. The maximum atomic E-state index is 9.59. The predicted octanol–water partition coefficient (Wildman–Crippen LogP) is -1.35. The lowest BCUT2D eigenvalue weighted by atomic mass is 11.5.